The van der Waals surface area contributed by atoms with Crippen molar-refractivity contribution in [2.24, 2.45) is 0 Å². The van der Waals surface area contributed by atoms with Gasteiger partial charge in [0.25, 0.3) is 5.91 Å². The highest BCUT2D eigenvalue weighted by Gasteiger charge is 2.31. The average Bonchev–Trinajstić information content (AvgIpc) is 3.01. The average molecular weight is 388 g/mol. The Morgan fingerprint density at radius 3 is 2.48 bits per heavy atom. The summed E-state index contributed by atoms with van der Waals surface area (Å²) in [7, 11) is -1.20. The van der Waals surface area contributed by atoms with Crippen LogP contribution in [0.25, 0.3) is 0 Å². The molecule has 1 aromatic carbocycles. The first kappa shape index (κ1) is 19.3. The van der Waals surface area contributed by atoms with E-state index in [1.165, 1.54) is 12.4 Å². The van der Waals surface area contributed by atoms with Crippen LogP contribution in [0.5, 0.6) is 0 Å². The summed E-state index contributed by atoms with van der Waals surface area (Å²) in [6.07, 6.45) is 3.50. The van der Waals surface area contributed by atoms with Gasteiger partial charge in [-0.1, -0.05) is 32.0 Å². The Morgan fingerprint density at radius 2 is 1.89 bits per heavy atom. The zero-order valence-corrected chi connectivity index (χ0v) is 16.5. The maximum Gasteiger partial charge on any atom is 0.258 e. The summed E-state index contributed by atoms with van der Waals surface area (Å²) < 4.78 is 23.3. The number of para-hydroxylation sites is 1. The van der Waals surface area contributed by atoms with Crippen LogP contribution in [0.2, 0.25) is 0 Å². The Hall–Kier alpha value is -2.48. The monoisotopic (exact) mass is 388 g/mol. The normalized spacial score (nSPS) is 18.4. The molecule has 27 heavy (non-hydrogen) atoms. The van der Waals surface area contributed by atoms with Gasteiger partial charge in [-0.05, 0) is 24.0 Å². The zero-order chi connectivity index (χ0) is 19.6. The summed E-state index contributed by atoms with van der Waals surface area (Å²) in [6.45, 7) is 4.14. The lowest BCUT2D eigenvalue weighted by Gasteiger charge is -2.23. The second-order valence-electron chi connectivity index (χ2n) is 7.14. The van der Waals surface area contributed by atoms with Crippen LogP contribution >= 0.6 is 0 Å². The SMILES string of the molecule is CC(C)c1ccccc1NC(=O)c1cnc(N(C)C2CCS(=O)(=O)C2)nc1. The van der Waals surface area contributed by atoms with Gasteiger partial charge in [-0.3, -0.25) is 4.79 Å². The van der Waals surface area contributed by atoms with Crippen LogP contribution in [0.3, 0.4) is 0 Å². The molecular formula is C19H24N4O3S. The van der Waals surface area contributed by atoms with Crippen molar-refractivity contribution in [3.05, 3.63) is 47.8 Å². The summed E-state index contributed by atoms with van der Waals surface area (Å²) in [5.74, 6) is 0.729. The van der Waals surface area contributed by atoms with E-state index in [9.17, 15) is 13.2 Å². The van der Waals surface area contributed by atoms with E-state index in [4.69, 9.17) is 0 Å². The third kappa shape index (κ3) is 4.44. The van der Waals surface area contributed by atoms with Crippen molar-refractivity contribution in [1.82, 2.24) is 9.97 Å². The summed E-state index contributed by atoms with van der Waals surface area (Å²) in [6, 6.07) is 7.56. The molecule has 1 fully saturated rings. The van der Waals surface area contributed by atoms with Gasteiger partial charge in [0.15, 0.2) is 9.84 Å². The third-order valence-corrected chi connectivity index (χ3v) is 6.55. The van der Waals surface area contributed by atoms with Crippen LogP contribution in [-0.4, -0.2) is 48.9 Å². The number of aromatic nitrogens is 2. The molecule has 2 aromatic rings. The number of carbonyl (C=O) groups excluding carboxylic acids is 1. The topological polar surface area (TPSA) is 92.3 Å². The van der Waals surface area contributed by atoms with Crippen LogP contribution in [0.4, 0.5) is 11.6 Å². The van der Waals surface area contributed by atoms with Crippen molar-refractivity contribution in [1.29, 1.82) is 0 Å². The largest absolute Gasteiger partial charge is 0.340 e. The van der Waals surface area contributed by atoms with Gasteiger partial charge >= 0.3 is 0 Å². The lowest BCUT2D eigenvalue weighted by Crippen LogP contribution is -2.34. The Balaban J connectivity index is 1.71. The Morgan fingerprint density at radius 1 is 1.22 bits per heavy atom. The fourth-order valence-corrected chi connectivity index (χ4v) is 4.95. The van der Waals surface area contributed by atoms with Crippen molar-refractivity contribution in [2.45, 2.75) is 32.2 Å². The number of anilines is 2. The van der Waals surface area contributed by atoms with Crippen LogP contribution in [-0.2, 0) is 9.84 Å². The molecule has 1 saturated heterocycles. The van der Waals surface area contributed by atoms with Crippen molar-refractivity contribution in [3.8, 4) is 0 Å². The number of benzene rings is 1. The first-order chi connectivity index (χ1) is 12.8. The van der Waals surface area contributed by atoms with Gasteiger partial charge < -0.3 is 10.2 Å². The fraction of sp³-hybridized carbons (Fsp3) is 0.421. The highest BCUT2D eigenvalue weighted by molar-refractivity contribution is 7.91. The summed E-state index contributed by atoms with van der Waals surface area (Å²) in [5, 5.41) is 2.91. The van der Waals surface area contributed by atoms with Gasteiger partial charge in [-0.15, -0.1) is 0 Å². The molecule has 0 spiro atoms. The minimum absolute atomic E-state index is 0.112. The van der Waals surface area contributed by atoms with E-state index in [0.29, 0.717) is 17.9 Å². The van der Waals surface area contributed by atoms with Gasteiger partial charge in [0.05, 0.1) is 17.1 Å². The number of sulfone groups is 1. The minimum Gasteiger partial charge on any atom is -0.340 e. The number of nitrogens with zero attached hydrogens (tertiary/aromatic N) is 3. The van der Waals surface area contributed by atoms with Crippen LogP contribution < -0.4 is 10.2 Å². The van der Waals surface area contributed by atoms with Gasteiger partial charge in [-0.2, -0.15) is 0 Å². The minimum atomic E-state index is -2.98. The van der Waals surface area contributed by atoms with Crippen LogP contribution in [0.15, 0.2) is 36.7 Å². The molecule has 0 saturated carbocycles. The van der Waals surface area contributed by atoms with E-state index in [1.54, 1.807) is 11.9 Å². The number of rotatable bonds is 5. The number of hydrogen-bond acceptors (Lipinski definition) is 6. The molecule has 1 unspecified atom stereocenters. The number of nitrogens with one attached hydrogen (secondary N) is 1. The second-order valence-corrected chi connectivity index (χ2v) is 9.36. The maximum atomic E-state index is 12.5. The quantitative estimate of drug-likeness (QED) is 0.846. The third-order valence-electron chi connectivity index (χ3n) is 4.80. The van der Waals surface area contributed by atoms with Crippen molar-refractivity contribution in [2.75, 3.05) is 28.8 Å². The molecule has 1 atom stereocenters. The molecule has 1 N–H and O–H groups in total. The number of hydrogen-bond donors (Lipinski definition) is 1. The Bertz CT molecular complexity index is 926. The first-order valence-electron chi connectivity index (χ1n) is 8.92. The van der Waals surface area contributed by atoms with E-state index in [1.807, 2.05) is 24.3 Å². The first-order valence-corrected chi connectivity index (χ1v) is 10.7. The van der Waals surface area contributed by atoms with Gasteiger partial charge in [0.1, 0.15) is 0 Å². The standard InChI is InChI=1S/C19H24N4O3S/c1-13(2)16-6-4-5-7-17(16)22-18(24)14-10-20-19(21-11-14)23(3)15-8-9-27(25,26)12-15/h4-7,10-11,13,15H,8-9,12H2,1-3H3,(H,22,24). The molecule has 1 aliphatic rings. The maximum absolute atomic E-state index is 12.5. The lowest BCUT2D eigenvalue weighted by atomic mass is 10.0. The lowest BCUT2D eigenvalue weighted by molar-refractivity contribution is 0.102. The molecule has 1 aliphatic heterocycles. The summed E-state index contributed by atoms with van der Waals surface area (Å²) in [4.78, 5) is 22.8. The van der Waals surface area contributed by atoms with E-state index in [-0.39, 0.29) is 29.4 Å². The summed E-state index contributed by atoms with van der Waals surface area (Å²) >= 11 is 0. The van der Waals surface area contributed by atoms with E-state index in [2.05, 4.69) is 29.1 Å². The highest BCUT2D eigenvalue weighted by atomic mass is 32.2. The molecule has 1 aromatic heterocycles. The molecule has 7 nitrogen and oxygen atoms in total. The molecule has 0 bridgehead atoms. The molecule has 0 aliphatic carbocycles. The van der Waals surface area contributed by atoms with Crippen molar-refractivity contribution in [3.63, 3.8) is 0 Å². The van der Waals surface area contributed by atoms with Crippen LogP contribution in [0, 0.1) is 0 Å². The van der Waals surface area contributed by atoms with Gasteiger partial charge in [-0.25, -0.2) is 18.4 Å². The van der Waals surface area contributed by atoms with Crippen LogP contribution in [0.1, 0.15) is 42.1 Å². The van der Waals surface area contributed by atoms with Gasteiger partial charge in [0, 0.05) is 31.2 Å². The molecule has 2 heterocycles. The molecule has 1 amide bonds. The second kappa shape index (κ2) is 7.64. The predicted molar refractivity (Wildman–Crippen MR) is 106 cm³/mol. The smallest absolute Gasteiger partial charge is 0.258 e. The predicted octanol–water partition coefficient (Wildman–Crippen LogP) is 2.48. The van der Waals surface area contributed by atoms with E-state index < -0.39 is 9.84 Å². The zero-order valence-electron chi connectivity index (χ0n) is 15.7. The molecular weight excluding hydrogens is 364 g/mol. The molecule has 0 radical (unpaired) electrons. The molecule has 3 rings (SSSR count). The molecule has 8 heteroatoms. The fourth-order valence-electron chi connectivity index (χ4n) is 3.17. The van der Waals surface area contributed by atoms with Crippen molar-refractivity contribution < 1.29 is 13.2 Å². The molecule has 144 valence electrons. The van der Waals surface area contributed by atoms with Gasteiger partial charge in [0.2, 0.25) is 5.95 Å². The number of amides is 1. The van der Waals surface area contributed by atoms with E-state index >= 15 is 0 Å². The van der Waals surface area contributed by atoms with E-state index in [0.717, 1.165) is 11.3 Å². The Kier molecular flexibility index (Phi) is 5.46. The highest BCUT2D eigenvalue weighted by Crippen LogP contribution is 2.24. The Labute approximate surface area is 159 Å². The number of carbonyl (C=O) groups is 1. The van der Waals surface area contributed by atoms with Crippen molar-refractivity contribution >= 4 is 27.4 Å². The summed E-state index contributed by atoms with van der Waals surface area (Å²) in [5.41, 5.74) is 2.19.